The lowest BCUT2D eigenvalue weighted by atomic mass is 9.68. The minimum absolute atomic E-state index is 0.108. The Hall–Kier alpha value is -3.91. The first-order chi connectivity index (χ1) is 27.6. The number of halogens is 1. The van der Waals surface area contributed by atoms with Crippen molar-refractivity contribution in [2.75, 3.05) is 25.0 Å². The van der Waals surface area contributed by atoms with Gasteiger partial charge in [-0.1, -0.05) is 81.9 Å². The second-order valence-electron chi connectivity index (χ2n) is 18.0. The topological polar surface area (TPSA) is 158 Å². The molecule has 1 aliphatic heterocycles. The van der Waals surface area contributed by atoms with Gasteiger partial charge in [0, 0.05) is 30.9 Å². The molecule has 1 unspecified atom stereocenters. The molecule has 0 spiro atoms. The number of hydrogen-bond acceptors (Lipinski definition) is 10. The van der Waals surface area contributed by atoms with E-state index in [1.807, 2.05) is 25.7 Å². The first-order valence-corrected chi connectivity index (χ1v) is 23.1. The van der Waals surface area contributed by atoms with Crippen LogP contribution in [0.5, 0.6) is 5.88 Å². The van der Waals surface area contributed by atoms with Crippen molar-refractivity contribution >= 4 is 39.4 Å². The zero-order valence-corrected chi connectivity index (χ0v) is 36.4. The van der Waals surface area contributed by atoms with E-state index in [1.165, 1.54) is 81.0 Å². The average Bonchev–Trinajstić information content (AvgIpc) is 3.78. The lowest BCUT2D eigenvalue weighted by Crippen LogP contribution is -2.45. The molecule has 318 valence electrons. The lowest BCUT2D eigenvalue weighted by Gasteiger charge is -2.38. The summed E-state index contributed by atoms with van der Waals surface area (Å²) in [5.41, 5.74) is -0.970. The molecule has 3 aromatic rings. The first-order valence-electron chi connectivity index (χ1n) is 21.2. The third-order valence-electron chi connectivity index (χ3n) is 12.0. The van der Waals surface area contributed by atoms with E-state index in [9.17, 15) is 18.0 Å². The highest BCUT2D eigenvalue weighted by Gasteiger charge is 2.42. The summed E-state index contributed by atoms with van der Waals surface area (Å²) in [6.07, 6.45) is 18.4. The molecule has 3 aromatic heterocycles. The van der Waals surface area contributed by atoms with Crippen LogP contribution >= 0.6 is 11.6 Å². The number of likely N-dealkylation sites (tertiary alicyclic amines) is 1. The fourth-order valence-corrected chi connectivity index (χ4v) is 10.4. The third-order valence-corrected chi connectivity index (χ3v) is 13.5. The maximum absolute atomic E-state index is 13.3. The Balaban J connectivity index is 0.982. The van der Waals surface area contributed by atoms with Crippen molar-refractivity contribution in [1.29, 1.82) is 0 Å². The van der Waals surface area contributed by atoms with E-state index >= 15 is 0 Å². The van der Waals surface area contributed by atoms with E-state index < -0.39 is 21.5 Å². The number of carbonyl (C=O) groups excluding carboxylic acids is 2. The Morgan fingerprint density at radius 1 is 0.966 bits per heavy atom. The van der Waals surface area contributed by atoms with Gasteiger partial charge in [0.1, 0.15) is 16.6 Å². The summed E-state index contributed by atoms with van der Waals surface area (Å²) in [5.74, 6) is 2.89. The summed E-state index contributed by atoms with van der Waals surface area (Å²) in [7, 11) is -4.34. The number of hydrogen-bond donors (Lipinski definition) is 2. The molecular weight excluding hydrogens is 778 g/mol. The number of aromatic nitrogens is 4. The number of nitrogens with one attached hydrogen (secondary N) is 2. The van der Waals surface area contributed by atoms with Gasteiger partial charge in [-0.25, -0.2) is 24.2 Å². The second kappa shape index (κ2) is 19.0. The zero-order valence-electron chi connectivity index (χ0n) is 34.8. The number of rotatable bonds is 15. The number of pyridine rings is 2. The van der Waals surface area contributed by atoms with Crippen molar-refractivity contribution in [3.63, 3.8) is 0 Å². The molecule has 3 fully saturated rings. The van der Waals surface area contributed by atoms with Crippen molar-refractivity contribution in [2.45, 2.75) is 141 Å². The van der Waals surface area contributed by atoms with E-state index in [4.69, 9.17) is 21.1 Å². The van der Waals surface area contributed by atoms with E-state index in [-0.39, 0.29) is 27.4 Å². The van der Waals surface area contributed by atoms with Crippen molar-refractivity contribution in [3.8, 4) is 11.7 Å². The molecule has 0 radical (unpaired) electrons. The largest absolute Gasteiger partial charge is 0.477 e. The van der Waals surface area contributed by atoms with Crippen LogP contribution in [0.1, 0.15) is 135 Å². The Kier molecular flexibility index (Phi) is 14.3. The van der Waals surface area contributed by atoms with Crippen LogP contribution in [0.15, 0.2) is 47.6 Å². The summed E-state index contributed by atoms with van der Waals surface area (Å²) in [6.45, 7) is 11.5. The van der Waals surface area contributed by atoms with Crippen LogP contribution in [0.3, 0.4) is 0 Å². The Morgan fingerprint density at radius 3 is 2.31 bits per heavy atom. The highest BCUT2D eigenvalue weighted by molar-refractivity contribution is 7.90. The van der Waals surface area contributed by atoms with Crippen LogP contribution in [0.2, 0.25) is 5.15 Å². The van der Waals surface area contributed by atoms with Gasteiger partial charge >= 0.3 is 6.09 Å². The quantitative estimate of drug-likeness (QED) is 0.112. The van der Waals surface area contributed by atoms with E-state index in [2.05, 4.69) is 39.0 Å². The SMILES string of the molecule is CC(C)(C)OC(=O)N1CC(CCCNc2cccc(S(=O)(=O)NC(=O)c3ccc(-n4ccc(OCCC(C5CCCCC5)C5CCCCC5)n4)nc3Cl)n2)CC1(C)C. The van der Waals surface area contributed by atoms with Gasteiger partial charge in [-0.15, -0.1) is 5.10 Å². The molecule has 1 saturated heterocycles. The Labute approximate surface area is 349 Å². The average molecular weight is 841 g/mol. The number of ether oxygens (including phenoxy) is 2. The zero-order chi connectivity index (χ0) is 41.5. The number of nitrogens with zero attached hydrogens (tertiary/aromatic N) is 5. The maximum atomic E-state index is 13.3. The normalized spacial score (nSPS) is 19.3. The van der Waals surface area contributed by atoms with Crippen molar-refractivity contribution in [3.05, 3.63) is 53.3 Å². The van der Waals surface area contributed by atoms with Crippen molar-refractivity contribution in [1.82, 2.24) is 29.4 Å². The van der Waals surface area contributed by atoms with Gasteiger partial charge in [-0.3, -0.25) is 4.79 Å². The van der Waals surface area contributed by atoms with Crippen molar-refractivity contribution < 1.29 is 27.5 Å². The Morgan fingerprint density at radius 2 is 1.66 bits per heavy atom. The van der Waals surface area contributed by atoms with Crippen molar-refractivity contribution in [2.24, 2.45) is 23.7 Å². The predicted octanol–water partition coefficient (Wildman–Crippen LogP) is 9.21. The standard InChI is InChI=1S/C43H62ClN7O6S/c1-42(2,3)57-41(53)50-29-30(28-43(50,4)5)14-13-25-45-35-19-12-20-38(46-35)58(54,55)49-40(52)34-21-22-36(47-39(34)44)51-26-23-37(48-51)56-27-24-33(31-15-8-6-9-16-31)32-17-10-7-11-18-32/h12,19-23,26,30-33H,6-11,13-18,24-25,27-29H2,1-5H3,(H,45,46)(H,49,52). The molecule has 4 heterocycles. The summed E-state index contributed by atoms with van der Waals surface area (Å²) < 4.78 is 41.9. The fraction of sp³-hybridized carbons (Fsp3) is 0.651. The molecule has 58 heavy (non-hydrogen) atoms. The highest BCUT2D eigenvalue weighted by Crippen LogP contribution is 2.42. The fourth-order valence-electron chi connectivity index (χ4n) is 9.23. The molecule has 1 atom stereocenters. The molecule has 2 N–H and O–H groups in total. The summed E-state index contributed by atoms with van der Waals surface area (Å²) in [4.78, 5) is 36.4. The smallest absolute Gasteiger partial charge is 0.410 e. The molecule has 2 aliphatic carbocycles. The third kappa shape index (κ3) is 11.6. The molecule has 3 aliphatic rings. The molecule has 2 saturated carbocycles. The minimum Gasteiger partial charge on any atom is -0.477 e. The molecule has 0 aromatic carbocycles. The van der Waals surface area contributed by atoms with Gasteiger partial charge in [-0.05, 0) is 108 Å². The summed E-state index contributed by atoms with van der Waals surface area (Å²) >= 11 is 6.44. The van der Waals surface area contributed by atoms with Gasteiger partial charge in [0.05, 0.1) is 12.2 Å². The molecule has 6 rings (SSSR count). The lowest BCUT2D eigenvalue weighted by molar-refractivity contribution is 0.0130. The molecule has 2 amide bonds. The van der Waals surface area contributed by atoms with Crippen LogP contribution in [-0.4, -0.2) is 75.9 Å². The molecule has 15 heteroatoms. The Bertz CT molecular complexity index is 1950. The van der Waals surface area contributed by atoms with Crippen LogP contribution in [-0.2, 0) is 14.8 Å². The van der Waals surface area contributed by atoms with Crippen LogP contribution in [0.25, 0.3) is 5.82 Å². The monoisotopic (exact) mass is 839 g/mol. The van der Waals surface area contributed by atoms with Gasteiger partial charge in [0.15, 0.2) is 10.8 Å². The molecule has 13 nitrogen and oxygen atoms in total. The van der Waals surface area contributed by atoms with E-state index in [0.29, 0.717) is 49.0 Å². The predicted molar refractivity (Wildman–Crippen MR) is 225 cm³/mol. The van der Waals surface area contributed by atoms with Gasteiger partial charge in [0.2, 0.25) is 5.88 Å². The number of carbonyl (C=O) groups is 2. The van der Waals surface area contributed by atoms with Crippen LogP contribution in [0, 0.1) is 23.7 Å². The van der Waals surface area contributed by atoms with Crippen LogP contribution < -0.4 is 14.8 Å². The van der Waals surface area contributed by atoms with E-state index in [0.717, 1.165) is 37.5 Å². The number of amides is 2. The number of sulfonamides is 1. The van der Waals surface area contributed by atoms with Gasteiger partial charge in [-0.2, -0.15) is 8.42 Å². The maximum Gasteiger partial charge on any atom is 0.410 e. The summed E-state index contributed by atoms with van der Waals surface area (Å²) in [5, 5.41) is 7.24. The summed E-state index contributed by atoms with van der Waals surface area (Å²) in [6, 6.07) is 9.30. The molecule has 0 bridgehead atoms. The van der Waals surface area contributed by atoms with Crippen LogP contribution in [0.4, 0.5) is 10.6 Å². The molecular formula is C43H62ClN7O6S. The minimum atomic E-state index is -4.34. The van der Waals surface area contributed by atoms with E-state index in [1.54, 1.807) is 30.5 Å². The first kappa shape index (κ1) is 43.7. The van der Waals surface area contributed by atoms with Gasteiger partial charge in [0.25, 0.3) is 15.9 Å². The number of anilines is 1. The van der Waals surface area contributed by atoms with Gasteiger partial charge < -0.3 is 19.7 Å². The second-order valence-corrected chi connectivity index (χ2v) is 20.0. The highest BCUT2D eigenvalue weighted by atomic mass is 35.5.